The van der Waals surface area contributed by atoms with Gasteiger partial charge in [0.25, 0.3) is 0 Å². The van der Waals surface area contributed by atoms with Crippen LogP contribution in [-0.4, -0.2) is 26.5 Å². The Morgan fingerprint density at radius 2 is 2.16 bits per heavy atom. The molecule has 1 unspecified atom stereocenters. The molecule has 3 aromatic rings. The molecule has 1 atom stereocenters. The monoisotopic (exact) mass is 377 g/mol. The number of nitrogens with zero attached hydrogens (tertiary/aromatic N) is 3. The minimum Gasteiger partial charge on any atom is -0.348 e. The van der Waals surface area contributed by atoms with E-state index in [-0.39, 0.29) is 29.1 Å². The number of amides is 1. The molecule has 0 saturated carbocycles. The highest BCUT2D eigenvalue weighted by Gasteiger charge is 2.17. The van der Waals surface area contributed by atoms with Crippen LogP contribution in [0.2, 0.25) is 0 Å². The second-order valence-electron chi connectivity index (χ2n) is 5.25. The zero-order valence-corrected chi connectivity index (χ0v) is 15.0. The molecular formula is C16H16FN5OS2. The first kappa shape index (κ1) is 17.4. The molecule has 3 rings (SSSR count). The van der Waals surface area contributed by atoms with Gasteiger partial charge in [0.05, 0.1) is 17.4 Å². The zero-order valence-electron chi connectivity index (χ0n) is 13.3. The molecule has 2 aromatic heterocycles. The minimum atomic E-state index is -0.430. The van der Waals surface area contributed by atoms with Gasteiger partial charge >= 0.3 is 0 Å². The van der Waals surface area contributed by atoms with Crippen LogP contribution in [0.4, 0.5) is 4.39 Å². The third-order valence-electron chi connectivity index (χ3n) is 3.46. The zero-order chi connectivity index (χ0) is 17.8. The molecule has 0 aliphatic heterocycles. The Hall–Kier alpha value is -2.39. The highest BCUT2D eigenvalue weighted by atomic mass is 32.2. The van der Waals surface area contributed by atoms with E-state index in [0.717, 1.165) is 16.6 Å². The number of nitrogens with one attached hydrogen (secondary N) is 1. The van der Waals surface area contributed by atoms with Crippen LogP contribution in [0.15, 0.2) is 46.9 Å². The Balaban J connectivity index is 1.62. The van der Waals surface area contributed by atoms with Crippen LogP contribution in [0, 0.1) is 5.82 Å². The van der Waals surface area contributed by atoms with E-state index in [1.54, 1.807) is 29.5 Å². The maximum Gasteiger partial charge on any atom is 0.230 e. The lowest BCUT2D eigenvalue weighted by Gasteiger charge is -2.11. The topological polar surface area (TPSA) is 85.8 Å². The molecular weight excluding hydrogens is 361 g/mol. The van der Waals surface area contributed by atoms with Crippen LogP contribution >= 0.6 is 23.1 Å². The third kappa shape index (κ3) is 3.99. The summed E-state index contributed by atoms with van der Waals surface area (Å²) in [7, 11) is 0. The first-order valence-electron chi connectivity index (χ1n) is 7.47. The summed E-state index contributed by atoms with van der Waals surface area (Å²) in [6, 6.07) is 10.0. The molecule has 0 saturated heterocycles. The molecule has 3 N–H and O–H groups in total. The lowest BCUT2D eigenvalue weighted by atomic mass is 10.2. The van der Waals surface area contributed by atoms with E-state index < -0.39 is 5.82 Å². The fourth-order valence-corrected chi connectivity index (χ4v) is 3.63. The Labute approximate surface area is 152 Å². The van der Waals surface area contributed by atoms with Crippen molar-refractivity contribution in [2.45, 2.75) is 18.1 Å². The number of nitrogen functional groups attached to an aromatic ring is 1. The molecule has 0 aliphatic carbocycles. The number of thioether (sulfide) groups is 1. The van der Waals surface area contributed by atoms with Crippen LogP contribution in [0.5, 0.6) is 0 Å². The van der Waals surface area contributed by atoms with Crippen molar-refractivity contribution in [2.24, 2.45) is 0 Å². The summed E-state index contributed by atoms with van der Waals surface area (Å²) in [6.07, 6.45) is 0. The fourth-order valence-electron chi connectivity index (χ4n) is 2.22. The number of nitrogens with two attached hydrogens (primary N) is 1. The number of halogens is 1. The Bertz CT molecular complexity index is 865. The van der Waals surface area contributed by atoms with Gasteiger partial charge in [0.15, 0.2) is 5.82 Å². The second kappa shape index (κ2) is 7.66. The maximum absolute atomic E-state index is 13.9. The number of carbonyl (C=O) groups is 1. The van der Waals surface area contributed by atoms with Crippen LogP contribution in [0.25, 0.3) is 11.4 Å². The minimum absolute atomic E-state index is 0.0576. The van der Waals surface area contributed by atoms with Crippen LogP contribution in [0.3, 0.4) is 0 Å². The van der Waals surface area contributed by atoms with E-state index in [4.69, 9.17) is 5.84 Å². The summed E-state index contributed by atoms with van der Waals surface area (Å²) >= 11 is 2.74. The smallest absolute Gasteiger partial charge is 0.230 e. The van der Waals surface area contributed by atoms with E-state index >= 15 is 0 Å². The fraction of sp³-hybridized carbons (Fsp3) is 0.188. The number of hydrogen-bond acceptors (Lipinski definition) is 6. The summed E-state index contributed by atoms with van der Waals surface area (Å²) in [5, 5.41) is 13.1. The van der Waals surface area contributed by atoms with Crippen molar-refractivity contribution < 1.29 is 9.18 Å². The van der Waals surface area contributed by atoms with Gasteiger partial charge in [-0.05, 0) is 30.5 Å². The third-order valence-corrected chi connectivity index (χ3v) is 5.46. The maximum atomic E-state index is 13.9. The lowest BCUT2D eigenvalue weighted by Crippen LogP contribution is -2.28. The average Bonchev–Trinajstić information content (AvgIpc) is 3.24. The first-order chi connectivity index (χ1) is 12.1. The van der Waals surface area contributed by atoms with E-state index in [1.165, 1.54) is 10.7 Å². The molecule has 1 amide bonds. The summed E-state index contributed by atoms with van der Waals surface area (Å²) in [5.74, 6) is 5.73. The molecule has 25 heavy (non-hydrogen) atoms. The number of aromatic nitrogens is 3. The predicted molar refractivity (Wildman–Crippen MR) is 97.2 cm³/mol. The van der Waals surface area contributed by atoms with Crippen molar-refractivity contribution in [3.05, 3.63) is 52.5 Å². The van der Waals surface area contributed by atoms with Crippen molar-refractivity contribution >= 4 is 29.0 Å². The first-order valence-corrected chi connectivity index (χ1v) is 9.33. The molecule has 0 fully saturated rings. The van der Waals surface area contributed by atoms with Gasteiger partial charge in [0.1, 0.15) is 5.82 Å². The summed E-state index contributed by atoms with van der Waals surface area (Å²) in [5.41, 5.74) is 0.264. The molecule has 6 nitrogen and oxygen atoms in total. The van der Waals surface area contributed by atoms with E-state index in [1.807, 2.05) is 24.4 Å². The molecule has 2 heterocycles. The molecule has 1 aromatic carbocycles. The van der Waals surface area contributed by atoms with Crippen molar-refractivity contribution in [3.8, 4) is 11.4 Å². The largest absolute Gasteiger partial charge is 0.348 e. The van der Waals surface area contributed by atoms with Crippen molar-refractivity contribution in [1.29, 1.82) is 0 Å². The Kier molecular flexibility index (Phi) is 5.34. The lowest BCUT2D eigenvalue weighted by molar-refractivity contribution is -0.119. The highest BCUT2D eigenvalue weighted by molar-refractivity contribution is 7.99. The Morgan fingerprint density at radius 1 is 1.36 bits per heavy atom. The van der Waals surface area contributed by atoms with Crippen LogP contribution in [-0.2, 0) is 4.79 Å². The van der Waals surface area contributed by atoms with Crippen molar-refractivity contribution in [3.63, 3.8) is 0 Å². The number of hydrogen-bond donors (Lipinski definition) is 2. The summed E-state index contributed by atoms with van der Waals surface area (Å²) < 4.78 is 15.0. The van der Waals surface area contributed by atoms with Gasteiger partial charge in [-0.3, -0.25) is 4.79 Å². The number of benzene rings is 1. The van der Waals surface area contributed by atoms with Gasteiger partial charge in [0.2, 0.25) is 11.1 Å². The van der Waals surface area contributed by atoms with E-state index in [9.17, 15) is 9.18 Å². The summed E-state index contributed by atoms with van der Waals surface area (Å²) in [6.45, 7) is 1.93. The van der Waals surface area contributed by atoms with Gasteiger partial charge < -0.3 is 11.2 Å². The van der Waals surface area contributed by atoms with Gasteiger partial charge in [-0.1, -0.05) is 30.0 Å². The predicted octanol–water partition coefficient (Wildman–Crippen LogP) is 2.83. The van der Waals surface area contributed by atoms with Gasteiger partial charge in [-0.15, -0.1) is 21.5 Å². The average molecular weight is 377 g/mol. The van der Waals surface area contributed by atoms with E-state index in [2.05, 4.69) is 15.5 Å². The Morgan fingerprint density at radius 3 is 2.88 bits per heavy atom. The van der Waals surface area contributed by atoms with Gasteiger partial charge in [-0.2, -0.15) is 0 Å². The highest BCUT2D eigenvalue weighted by Crippen LogP contribution is 2.24. The number of thiophene rings is 1. The molecule has 0 spiro atoms. The molecule has 9 heteroatoms. The second-order valence-corrected chi connectivity index (χ2v) is 7.17. The number of carbonyl (C=O) groups excluding carboxylic acids is 1. The van der Waals surface area contributed by atoms with Gasteiger partial charge in [0, 0.05) is 4.88 Å². The molecule has 0 aliphatic rings. The van der Waals surface area contributed by atoms with Gasteiger partial charge in [-0.25, -0.2) is 9.07 Å². The van der Waals surface area contributed by atoms with Crippen LogP contribution < -0.4 is 11.2 Å². The standard InChI is InChI=1S/C16H16FN5OS2/c1-10(13-7-4-8-24-13)19-14(23)9-25-16-21-20-15(22(16)18)11-5-2-3-6-12(11)17/h2-8,10H,9,18H2,1H3,(H,19,23). The van der Waals surface area contributed by atoms with E-state index in [0.29, 0.717) is 5.16 Å². The van der Waals surface area contributed by atoms with Crippen molar-refractivity contribution in [2.75, 3.05) is 11.6 Å². The molecule has 0 radical (unpaired) electrons. The quantitative estimate of drug-likeness (QED) is 0.510. The SMILES string of the molecule is CC(NC(=O)CSc1nnc(-c2ccccc2F)n1N)c1cccs1. The number of rotatable bonds is 6. The molecule has 130 valence electrons. The van der Waals surface area contributed by atoms with Crippen molar-refractivity contribution in [1.82, 2.24) is 20.2 Å². The molecule has 0 bridgehead atoms. The summed E-state index contributed by atoms with van der Waals surface area (Å²) in [4.78, 5) is 13.2. The normalized spacial score (nSPS) is 12.1. The van der Waals surface area contributed by atoms with Crippen LogP contribution in [0.1, 0.15) is 17.8 Å².